The van der Waals surface area contributed by atoms with Crippen LogP contribution in [0.2, 0.25) is 5.02 Å². The first kappa shape index (κ1) is 13.4. The van der Waals surface area contributed by atoms with Crippen LogP contribution in [0.5, 0.6) is 0 Å². The molecule has 1 N–H and O–H groups in total. The number of hydrogen-bond donors (Lipinski definition) is 1. The highest BCUT2D eigenvalue weighted by Gasteiger charge is 2.14. The molecule has 0 atom stereocenters. The van der Waals surface area contributed by atoms with Crippen LogP contribution in [-0.2, 0) is 0 Å². The first-order valence-corrected chi connectivity index (χ1v) is 6.69. The van der Waals surface area contributed by atoms with E-state index in [-0.39, 0.29) is 11.7 Å². The van der Waals surface area contributed by atoms with Gasteiger partial charge in [0, 0.05) is 11.8 Å². The van der Waals surface area contributed by atoms with E-state index < -0.39 is 0 Å². The van der Waals surface area contributed by atoms with Gasteiger partial charge in [0.2, 0.25) is 0 Å². The lowest BCUT2D eigenvalue weighted by Crippen LogP contribution is -2.11. The van der Waals surface area contributed by atoms with Gasteiger partial charge in [0.05, 0.1) is 5.02 Å². The van der Waals surface area contributed by atoms with Gasteiger partial charge in [-0.3, -0.25) is 4.79 Å². The molecular formula is C16H11ClN2O2. The monoisotopic (exact) mass is 298 g/mol. The van der Waals surface area contributed by atoms with E-state index >= 15 is 0 Å². The van der Waals surface area contributed by atoms with E-state index in [1.54, 1.807) is 42.6 Å². The third-order valence-electron chi connectivity index (χ3n) is 2.88. The van der Waals surface area contributed by atoms with E-state index in [9.17, 15) is 4.79 Å². The van der Waals surface area contributed by atoms with Crippen molar-refractivity contribution in [2.75, 3.05) is 5.32 Å². The summed E-state index contributed by atoms with van der Waals surface area (Å²) in [5.74, 6) is 0.868. The largest absolute Gasteiger partial charge is 0.451 e. The Labute approximate surface area is 126 Å². The highest BCUT2D eigenvalue weighted by Crippen LogP contribution is 2.29. The predicted molar refractivity (Wildman–Crippen MR) is 81.3 cm³/mol. The molecule has 0 aliphatic heterocycles. The SMILES string of the molecule is O=C(Nc1ccccn1)c1ccc(-c2ccccc2Cl)o1. The van der Waals surface area contributed by atoms with Crippen molar-refractivity contribution < 1.29 is 9.21 Å². The normalized spacial score (nSPS) is 10.3. The number of carbonyl (C=O) groups is 1. The smallest absolute Gasteiger partial charge is 0.292 e. The quantitative estimate of drug-likeness (QED) is 0.786. The summed E-state index contributed by atoms with van der Waals surface area (Å²) in [5.41, 5.74) is 0.746. The molecule has 0 aliphatic carbocycles. The van der Waals surface area contributed by atoms with E-state index in [2.05, 4.69) is 10.3 Å². The van der Waals surface area contributed by atoms with E-state index in [0.29, 0.717) is 16.6 Å². The van der Waals surface area contributed by atoms with Gasteiger partial charge in [0.25, 0.3) is 5.91 Å². The lowest BCUT2D eigenvalue weighted by Gasteiger charge is -2.02. The van der Waals surface area contributed by atoms with Crippen LogP contribution in [0.1, 0.15) is 10.6 Å². The maximum Gasteiger partial charge on any atom is 0.292 e. The molecule has 4 nitrogen and oxygen atoms in total. The molecule has 1 amide bonds. The number of nitrogens with one attached hydrogen (secondary N) is 1. The summed E-state index contributed by atoms with van der Waals surface area (Å²) < 4.78 is 5.56. The van der Waals surface area contributed by atoms with Crippen molar-refractivity contribution in [3.05, 3.63) is 71.6 Å². The predicted octanol–water partition coefficient (Wildman–Crippen LogP) is 4.25. The molecule has 0 spiro atoms. The Morgan fingerprint density at radius 1 is 1.05 bits per heavy atom. The second kappa shape index (κ2) is 5.81. The number of halogens is 1. The van der Waals surface area contributed by atoms with Gasteiger partial charge in [-0.05, 0) is 36.4 Å². The molecule has 21 heavy (non-hydrogen) atoms. The fourth-order valence-corrected chi connectivity index (χ4v) is 2.11. The second-order valence-electron chi connectivity index (χ2n) is 4.31. The second-order valence-corrected chi connectivity index (χ2v) is 4.72. The third kappa shape index (κ3) is 2.95. The number of hydrogen-bond acceptors (Lipinski definition) is 3. The summed E-state index contributed by atoms with van der Waals surface area (Å²) in [6.45, 7) is 0. The van der Waals surface area contributed by atoms with Crippen molar-refractivity contribution in [3.8, 4) is 11.3 Å². The number of rotatable bonds is 3. The average molecular weight is 299 g/mol. The number of amides is 1. The summed E-state index contributed by atoms with van der Waals surface area (Å²) in [7, 11) is 0. The zero-order valence-corrected chi connectivity index (χ0v) is 11.7. The lowest BCUT2D eigenvalue weighted by molar-refractivity contribution is 0.0997. The van der Waals surface area contributed by atoms with Gasteiger partial charge in [-0.25, -0.2) is 4.98 Å². The highest BCUT2D eigenvalue weighted by molar-refractivity contribution is 6.33. The van der Waals surface area contributed by atoms with Crippen molar-refractivity contribution in [2.45, 2.75) is 0 Å². The summed E-state index contributed by atoms with van der Waals surface area (Å²) in [6, 6.07) is 15.9. The van der Waals surface area contributed by atoms with Gasteiger partial charge in [-0.2, -0.15) is 0 Å². The van der Waals surface area contributed by atoms with Crippen LogP contribution in [0, 0.1) is 0 Å². The molecule has 1 aromatic carbocycles. The van der Waals surface area contributed by atoms with Crippen molar-refractivity contribution >= 4 is 23.3 Å². The minimum atomic E-state index is -0.355. The maximum absolute atomic E-state index is 12.1. The minimum absolute atomic E-state index is 0.204. The van der Waals surface area contributed by atoms with Crippen LogP contribution in [0.3, 0.4) is 0 Å². The van der Waals surface area contributed by atoms with Gasteiger partial charge in [-0.1, -0.05) is 29.8 Å². The first-order chi connectivity index (χ1) is 10.2. The van der Waals surface area contributed by atoms with Crippen molar-refractivity contribution in [1.82, 2.24) is 4.98 Å². The molecule has 0 saturated carbocycles. The van der Waals surface area contributed by atoms with Crippen LogP contribution in [-0.4, -0.2) is 10.9 Å². The van der Waals surface area contributed by atoms with Crippen LogP contribution < -0.4 is 5.32 Å². The van der Waals surface area contributed by atoms with Crippen molar-refractivity contribution in [2.24, 2.45) is 0 Å². The van der Waals surface area contributed by atoms with Gasteiger partial charge in [0.15, 0.2) is 5.76 Å². The summed E-state index contributed by atoms with van der Waals surface area (Å²) in [6.07, 6.45) is 1.60. The Morgan fingerprint density at radius 3 is 2.62 bits per heavy atom. The molecule has 2 aromatic heterocycles. The number of furan rings is 1. The van der Waals surface area contributed by atoms with Crippen LogP contribution in [0.15, 0.2) is 65.2 Å². The molecule has 0 saturated heterocycles. The van der Waals surface area contributed by atoms with Crippen LogP contribution in [0.4, 0.5) is 5.82 Å². The Balaban J connectivity index is 1.82. The molecule has 0 unspecified atom stereocenters. The number of benzene rings is 1. The fraction of sp³-hybridized carbons (Fsp3) is 0. The number of anilines is 1. The molecular weight excluding hydrogens is 288 g/mol. The number of aromatic nitrogens is 1. The molecule has 0 aliphatic rings. The third-order valence-corrected chi connectivity index (χ3v) is 3.21. The lowest BCUT2D eigenvalue weighted by atomic mass is 10.2. The summed E-state index contributed by atoms with van der Waals surface area (Å²) >= 11 is 6.11. The molecule has 104 valence electrons. The number of nitrogens with zero attached hydrogens (tertiary/aromatic N) is 1. The van der Waals surface area contributed by atoms with Gasteiger partial charge in [-0.15, -0.1) is 0 Å². The Kier molecular flexibility index (Phi) is 3.71. The zero-order valence-electron chi connectivity index (χ0n) is 10.9. The first-order valence-electron chi connectivity index (χ1n) is 6.31. The molecule has 0 bridgehead atoms. The highest BCUT2D eigenvalue weighted by atomic mass is 35.5. The summed E-state index contributed by atoms with van der Waals surface area (Å²) in [4.78, 5) is 16.1. The number of carbonyl (C=O) groups excluding carboxylic acids is 1. The topological polar surface area (TPSA) is 55.1 Å². The van der Waals surface area contributed by atoms with Crippen LogP contribution >= 0.6 is 11.6 Å². The molecule has 0 radical (unpaired) electrons. The van der Waals surface area contributed by atoms with E-state index in [1.165, 1.54) is 0 Å². The van der Waals surface area contributed by atoms with E-state index in [1.807, 2.05) is 18.2 Å². The van der Waals surface area contributed by atoms with Crippen LogP contribution in [0.25, 0.3) is 11.3 Å². The molecule has 3 aromatic rings. The van der Waals surface area contributed by atoms with E-state index in [4.69, 9.17) is 16.0 Å². The zero-order chi connectivity index (χ0) is 14.7. The van der Waals surface area contributed by atoms with Crippen molar-refractivity contribution in [3.63, 3.8) is 0 Å². The average Bonchev–Trinajstić information content (AvgIpc) is 2.98. The molecule has 5 heteroatoms. The fourth-order valence-electron chi connectivity index (χ4n) is 1.88. The molecule has 2 heterocycles. The maximum atomic E-state index is 12.1. The standard InChI is InChI=1S/C16H11ClN2O2/c17-12-6-2-1-5-11(12)13-8-9-14(21-13)16(20)19-15-7-3-4-10-18-15/h1-10H,(H,18,19,20). The summed E-state index contributed by atoms with van der Waals surface area (Å²) in [5, 5.41) is 3.23. The number of pyridine rings is 1. The molecule has 3 rings (SSSR count). The van der Waals surface area contributed by atoms with Crippen molar-refractivity contribution in [1.29, 1.82) is 0 Å². The Bertz CT molecular complexity index is 769. The van der Waals surface area contributed by atoms with Gasteiger partial charge in [0.1, 0.15) is 11.6 Å². The minimum Gasteiger partial charge on any atom is -0.451 e. The Morgan fingerprint density at radius 2 is 1.86 bits per heavy atom. The molecule has 0 fully saturated rings. The van der Waals surface area contributed by atoms with Gasteiger partial charge < -0.3 is 9.73 Å². The Hall–Kier alpha value is -2.59. The van der Waals surface area contributed by atoms with Gasteiger partial charge >= 0.3 is 0 Å². The van der Waals surface area contributed by atoms with E-state index in [0.717, 1.165) is 5.56 Å².